The van der Waals surface area contributed by atoms with Crippen LogP contribution in [-0.4, -0.2) is 6.71 Å². The number of nitrogens with zero attached hydrogens (tertiary/aromatic N) is 2. The summed E-state index contributed by atoms with van der Waals surface area (Å²) in [5.74, 6) is 0. The Morgan fingerprint density at radius 3 is 1.71 bits per heavy atom. The zero-order chi connectivity index (χ0) is 47.0. The Hall–Kier alpha value is -6.26. The number of benzene rings is 7. The van der Waals surface area contributed by atoms with Crippen LogP contribution in [0.3, 0.4) is 0 Å². The first-order valence-electron chi connectivity index (χ1n) is 25.3. The molecular weight excluding hydrogens is 824 g/mol. The highest BCUT2D eigenvalue weighted by Gasteiger charge is 2.55. The summed E-state index contributed by atoms with van der Waals surface area (Å²) in [4.78, 5) is 5.40. The molecule has 3 nitrogen and oxygen atoms in total. The molecule has 5 aliphatic rings. The molecule has 0 amide bonds. The van der Waals surface area contributed by atoms with Crippen LogP contribution in [0.5, 0.6) is 0 Å². The van der Waals surface area contributed by atoms with Crippen molar-refractivity contribution >= 4 is 68.4 Å². The van der Waals surface area contributed by atoms with E-state index in [9.17, 15) is 0 Å². The van der Waals surface area contributed by atoms with Crippen LogP contribution >= 0.6 is 0 Å². The van der Waals surface area contributed by atoms with Gasteiger partial charge in [0, 0.05) is 39.0 Å². The highest BCUT2D eigenvalue weighted by Crippen LogP contribution is 2.63. The van der Waals surface area contributed by atoms with Gasteiger partial charge < -0.3 is 14.2 Å². The molecule has 3 aliphatic heterocycles. The zero-order valence-corrected chi connectivity index (χ0v) is 41.9. The van der Waals surface area contributed by atoms with Crippen molar-refractivity contribution in [2.24, 2.45) is 0 Å². The maximum absolute atomic E-state index is 7.47. The second-order valence-corrected chi connectivity index (χ2v) is 24.4. The number of hydrogen-bond acceptors (Lipinski definition) is 3. The fraction of sp³-hybridized carbons (Fsp3) is 0.312. The number of fused-ring (bicyclic) bond motifs is 10. The number of hydrogen-bond donors (Lipinski definition) is 0. The van der Waals surface area contributed by atoms with Gasteiger partial charge in [-0.2, -0.15) is 0 Å². The smallest absolute Gasteiger partial charge is 0.297 e. The summed E-state index contributed by atoms with van der Waals surface area (Å²) in [5, 5.41) is 1.14. The van der Waals surface area contributed by atoms with Crippen molar-refractivity contribution in [2.75, 3.05) is 9.80 Å². The van der Waals surface area contributed by atoms with Gasteiger partial charge in [0.15, 0.2) is 0 Å². The number of aryl methyl sites for hydroxylation is 1. The third-order valence-corrected chi connectivity index (χ3v) is 17.6. The largest absolute Gasteiger partial charge is 0.468 e. The van der Waals surface area contributed by atoms with E-state index in [4.69, 9.17) is 4.42 Å². The average Bonchev–Trinajstić information content (AvgIpc) is 3.70. The fourth-order valence-electron chi connectivity index (χ4n) is 13.6. The Kier molecular flexibility index (Phi) is 8.45. The molecule has 4 heteroatoms. The minimum Gasteiger partial charge on any atom is -0.468 e. The van der Waals surface area contributed by atoms with Gasteiger partial charge in [0.25, 0.3) is 6.71 Å². The average molecular weight is 887 g/mol. The van der Waals surface area contributed by atoms with Crippen molar-refractivity contribution in [2.45, 2.75) is 129 Å². The summed E-state index contributed by atoms with van der Waals surface area (Å²) in [6, 6.07) is 51.3. The molecule has 68 heavy (non-hydrogen) atoms. The summed E-state index contributed by atoms with van der Waals surface area (Å²) in [6.45, 7) is 26.7. The normalized spacial score (nSPS) is 19.8. The van der Waals surface area contributed by atoms with Crippen LogP contribution in [0.2, 0.25) is 0 Å². The van der Waals surface area contributed by atoms with Crippen molar-refractivity contribution < 1.29 is 4.42 Å². The van der Waals surface area contributed by atoms with Gasteiger partial charge in [-0.3, -0.25) is 0 Å². The van der Waals surface area contributed by atoms with Crippen LogP contribution < -0.4 is 26.4 Å². The molecule has 0 fully saturated rings. The third-order valence-electron chi connectivity index (χ3n) is 17.6. The summed E-state index contributed by atoms with van der Waals surface area (Å²) >= 11 is 0. The number of furan rings is 1. The quantitative estimate of drug-likeness (QED) is 0.165. The van der Waals surface area contributed by atoms with Gasteiger partial charge >= 0.3 is 0 Å². The van der Waals surface area contributed by atoms with Gasteiger partial charge in [-0.05, 0) is 158 Å². The van der Waals surface area contributed by atoms with Gasteiger partial charge in [0.05, 0.1) is 22.7 Å². The summed E-state index contributed by atoms with van der Waals surface area (Å²) in [7, 11) is 0. The van der Waals surface area contributed by atoms with Crippen molar-refractivity contribution in [1.82, 2.24) is 0 Å². The van der Waals surface area contributed by atoms with Gasteiger partial charge in [-0.1, -0.05) is 160 Å². The Bertz CT molecular complexity index is 3400. The van der Waals surface area contributed by atoms with E-state index < -0.39 is 0 Å². The molecular formula is C64H63BN2O. The Balaban J connectivity index is 1.20. The maximum atomic E-state index is 7.47. The van der Waals surface area contributed by atoms with E-state index in [1.165, 1.54) is 108 Å². The number of rotatable bonds is 3. The molecule has 338 valence electrons. The number of para-hydroxylation sites is 1. The maximum Gasteiger partial charge on any atom is 0.297 e. The monoisotopic (exact) mass is 887 g/mol. The lowest BCUT2D eigenvalue weighted by molar-refractivity contribution is 0.327. The van der Waals surface area contributed by atoms with Gasteiger partial charge in [-0.15, -0.1) is 0 Å². The molecule has 7 aromatic carbocycles. The van der Waals surface area contributed by atoms with E-state index in [0.29, 0.717) is 0 Å². The van der Waals surface area contributed by atoms with Gasteiger partial charge in [-0.25, -0.2) is 0 Å². The highest BCUT2D eigenvalue weighted by molar-refractivity contribution is 7.00. The molecule has 13 rings (SSSR count). The van der Waals surface area contributed by atoms with Crippen LogP contribution in [0.1, 0.15) is 134 Å². The van der Waals surface area contributed by atoms with E-state index in [-0.39, 0.29) is 33.8 Å². The second kappa shape index (κ2) is 13.7. The number of anilines is 6. The SMILES string of the molecule is Cc1cc2c3c(c1)N(c1c(-c4ccccc4)cc(C(C)(C)C)cc1-c1ccccc1)c1c(oc4ccccc14)B3c1ccc3c4c1N2c1cc2c(cc1C4(C)CCC3(C)C)C(C)(C)CCC2(C)C. The Labute approximate surface area is 404 Å². The molecule has 0 bridgehead atoms. The van der Waals surface area contributed by atoms with Gasteiger partial charge in [0.1, 0.15) is 5.58 Å². The molecule has 0 saturated carbocycles. The molecule has 1 atom stereocenters. The Morgan fingerprint density at radius 1 is 0.515 bits per heavy atom. The summed E-state index contributed by atoms with van der Waals surface area (Å²) in [6.07, 6.45) is 4.63. The van der Waals surface area contributed by atoms with Crippen LogP contribution in [-0.2, 0) is 27.1 Å². The first-order chi connectivity index (χ1) is 32.4. The van der Waals surface area contributed by atoms with E-state index in [1.807, 2.05) is 0 Å². The molecule has 0 radical (unpaired) electrons. The zero-order valence-electron chi connectivity index (χ0n) is 41.9. The van der Waals surface area contributed by atoms with Crippen molar-refractivity contribution in [3.05, 3.63) is 172 Å². The standard InChI is InChI=1S/C64H63BN2O/c1-38-32-51-55-52(33-38)67(56-43(39-20-14-12-15-21-39)34-41(60(2,3)4)35-44(56)40-22-16-13-17-23-40)57-42-24-18-19-25-53(42)68-59(57)65(55)49-27-26-45-54-58(49)66(51)50-37-47-46(62(7,8)28-29-63(47,9)10)36-48(50)64(54,11)31-30-61(45,5)6/h12-27,32-37H,28-31H2,1-11H3. The Morgan fingerprint density at radius 2 is 1.07 bits per heavy atom. The summed E-state index contributed by atoms with van der Waals surface area (Å²) < 4.78 is 7.47. The van der Waals surface area contributed by atoms with Crippen LogP contribution in [0.15, 0.2) is 138 Å². The minimum atomic E-state index is -0.153. The molecule has 1 unspecified atom stereocenters. The van der Waals surface area contributed by atoms with Gasteiger partial charge in [0.2, 0.25) is 0 Å². The molecule has 0 N–H and O–H groups in total. The lowest BCUT2D eigenvalue weighted by Gasteiger charge is -2.55. The van der Waals surface area contributed by atoms with E-state index in [2.05, 4.69) is 219 Å². The molecule has 0 saturated heterocycles. The van der Waals surface area contributed by atoms with Crippen LogP contribution in [0.25, 0.3) is 33.2 Å². The van der Waals surface area contributed by atoms with Crippen molar-refractivity contribution in [3.63, 3.8) is 0 Å². The molecule has 8 aromatic rings. The molecule has 0 spiro atoms. The lowest BCUT2D eigenvalue weighted by atomic mass is 9.34. The second-order valence-electron chi connectivity index (χ2n) is 24.4. The highest BCUT2D eigenvalue weighted by atomic mass is 16.3. The van der Waals surface area contributed by atoms with Crippen molar-refractivity contribution in [1.29, 1.82) is 0 Å². The predicted octanol–water partition coefficient (Wildman–Crippen LogP) is 15.5. The third kappa shape index (κ3) is 5.61. The molecule has 1 aromatic heterocycles. The van der Waals surface area contributed by atoms with E-state index in [1.54, 1.807) is 5.56 Å². The first-order valence-corrected chi connectivity index (χ1v) is 25.3. The fourth-order valence-corrected chi connectivity index (χ4v) is 13.6. The molecule has 4 heterocycles. The summed E-state index contributed by atoms with van der Waals surface area (Å²) in [5.41, 5.74) is 27.1. The predicted molar refractivity (Wildman–Crippen MR) is 289 cm³/mol. The minimum absolute atomic E-state index is 0.0370. The topological polar surface area (TPSA) is 19.6 Å². The van der Waals surface area contributed by atoms with Crippen LogP contribution in [0.4, 0.5) is 34.1 Å². The van der Waals surface area contributed by atoms with Crippen molar-refractivity contribution in [3.8, 4) is 22.3 Å². The van der Waals surface area contributed by atoms with E-state index >= 15 is 0 Å². The van der Waals surface area contributed by atoms with Crippen LogP contribution in [0, 0.1) is 6.92 Å². The lowest BCUT2D eigenvalue weighted by Crippen LogP contribution is -2.62. The van der Waals surface area contributed by atoms with E-state index in [0.717, 1.165) is 35.2 Å². The first kappa shape index (κ1) is 41.9. The molecule has 2 aliphatic carbocycles.